The monoisotopic (exact) mass is 694 g/mol. The number of aromatic nitrogens is 1. The van der Waals surface area contributed by atoms with Gasteiger partial charge in [0.1, 0.15) is 11.5 Å². The maximum atomic E-state index is 14.0. The number of furan rings is 1. The van der Waals surface area contributed by atoms with Gasteiger partial charge in [-0.1, -0.05) is 39.4 Å². The average Bonchev–Trinajstić information content (AvgIpc) is 3.59. The van der Waals surface area contributed by atoms with E-state index in [0.717, 1.165) is 15.6 Å². The van der Waals surface area contributed by atoms with Crippen LogP contribution in [0.5, 0.6) is 11.5 Å². The Morgan fingerprint density at radius 1 is 1.04 bits per heavy atom. The lowest BCUT2D eigenvalue weighted by molar-refractivity contribution is -0.143. The van der Waals surface area contributed by atoms with Gasteiger partial charge in [-0.15, -0.1) is 0 Å². The first-order valence-corrected chi connectivity index (χ1v) is 15.8. The highest BCUT2D eigenvalue weighted by atomic mass is 79.9. The van der Waals surface area contributed by atoms with Crippen LogP contribution in [0.3, 0.4) is 0 Å². The topological polar surface area (TPSA) is 119 Å². The first-order chi connectivity index (χ1) is 21.6. The van der Waals surface area contributed by atoms with Gasteiger partial charge in [0, 0.05) is 16.1 Å². The maximum absolute atomic E-state index is 14.0. The number of hydrogen-bond acceptors (Lipinski definition) is 10. The van der Waals surface area contributed by atoms with Crippen LogP contribution in [0, 0.1) is 6.92 Å². The Labute approximate surface area is 271 Å². The van der Waals surface area contributed by atoms with E-state index >= 15 is 0 Å². The zero-order valence-electron chi connectivity index (χ0n) is 25.3. The molecule has 0 saturated carbocycles. The summed E-state index contributed by atoms with van der Waals surface area (Å²) >= 11 is 4.79. The smallest absolute Gasteiger partial charge is 0.343 e. The Morgan fingerprint density at radius 3 is 2.56 bits per heavy atom. The van der Waals surface area contributed by atoms with Crippen LogP contribution in [0.15, 0.2) is 78.5 Å². The zero-order valence-corrected chi connectivity index (χ0v) is 27.7. The van der Waals surface area contributed by atoms with Gasteiger partial charge in [-0.25, -0.2) is 14.6 Å². The molecule has 1 aliphatic rings. The molecule has 0 aliphatic carbocycles. The summed E-state index contributed by atoms with van der Waals surface area (Å²) in [6.45, 7) is 7.39. The number of carbonyl (C=O) groups is 2. The lowest BCUT2D eigenvalue weighted by Crippen LogP contribution is -2.40. The fraction of sp³-hybridized carbons (Fsp3) is 0.273. The number of rotatable bonds is 10. The number of esters is 2. The second-order valence-corrected chi connectivity index (χ2v) is 11.9. The number of hydrogen-bond donors (Lipinski definition) is 0. The first kappa shape index (κ1) is 32.0. The van der Waals surface area contributed by atoms with Crippen LogP contribution in [0.2, 0.25) is 0 Å². The molecule has 4 aromatic rings. The SMILES string of the molecule is CCOC(=O)C1=C(C)N=c2s/c(=C/c3ccc(-c4ccc(C)cc4Br)o3)c(=O)n2[C@H]1c1ccc(OCC(=O)OC)c(OCC)c1. The first-order valence-electron chi connectivity index (χ1n) is 14.2. The van der Waals surface area contributed by atoms with Crippen LogP contribution < -0.4 is 24.4 Å². The molecule has 234 valence electrons. The van der Waals surface area contributed by atoms with Crippen molar-refractivity contribution < 1.29 is 33.0 Å². The van der Waals surface area contributed by atoms with Crippen LogP contribution in [0.1, 0.15) is 43.7 Å². The molecule has 2 aromatic heterocycles. The van der Waals surface area contributed by atoms with Crippen LogP contribution in [0.25, 0.3) is 17.4 Å². The molecule has 10 nitrogen and oxygen atoms in total. The average molecular weight is 696 g/mol. The molecule has 12 heteroatoms. The van der Waals surface area contributed by atoms with Crippen LogP contribution in [-0.4, -0.2) is 43.4 Å². The van der Waals surface area contributed by atoms with E-state index in [0.29, 0.717) is 50.2 Å². The molecule has 0 spiro atoms. The lowest BCUT2D eigenvalue weighted by Gasteiger charge is -2.25. The summed E-state index contributed by atoms with van der Waals surface area (Å²) in [4.78, 5) is 44.1. The largest absolute Gasteiger partial charge is 0.490 e. The minimum Gasteiger partial charge on any atom is -0.490 e. The van der Waals surface area contributed by atoms with Gasteiger partial charge in [0.15, 0.2) is 22.9 Å². The summed E-state index contributed by atoms with van der Waals surface area (Å²) in [5.74, 6) is 0.659. The van der Waals surface area contributed by atoms with Crippen molar-refractivity contribution in [3.8, 4) is 22.8 Å². The molecule has 0 N–H and O–H groups in total. The standard InChI is InChI=1S/C33H31BrN2O8S/c1-6-41-26-15-20(9-12-25(26)43-17-28(37)40-5)30-29(32(39)42-7-2)19(4)35-33-36(30)31(38)27(45-33)16-21-10-13-24(44-21)22-11-8-18(3)14-23(22)34/h8-16,30H,6-7,17H2,1-5H3/b27-16+/t30-/m0/s1. The van der Waals surface area contributed by atoms with Crippen molar-refractivity contribution in [1.29, 1.82) is 0 Å². The fourth-order valence-corrected chi connectivity index (χ4v) is 6.62. The van der Waals surface area contributed by atoms with Gasteiger partial charge in [0.25, 0.3) is 5.56 Å². The number of benzene rings is 2. The second-order valence-electron chi connectivity index (χ2n) is 9.99. The van der Waals surface area contributed by atoms with Gasteiger partial charge >= 0.3 is 11.9 Å². The summed E-state index contributed by atoms with van der Waals surface area (Å²) in [6.07, 6.45) is 1.67. The Kier molecular flexibility index (Phi) is 9.74. The zero-order chi connectivity index (χ0) is 32.2. The van der Waals surface area contributed by atoms with Crippen molar-refractivity contribution in [2.24, 2.45) is 4.99 Å². The highest BCUT2D eigenvalue weighted by Gasteiger charge is 2.34. The predicted molar refractivity (Wildman–Crippen MR) is 172 cm³/mol. The summed E-state index contributed by atoms with van der Waals surface area (Å²) in [7, 11) is 1.27. The number of allylic oxidation sites excluding steroid dienone is 1. The number of thiazole rings is 1. The lowest BCUT2D eigenvalue weighted by atomic mass is 9.95. The van der Waals surface area contributed by atoms with E-state index in [1.54, 1.807) is 44.2 Å². The van der Waals surface area contributed by atoms with Crippen LogP contribution >= 0.6 is 27.3 Å². The van der Waals surface area contributed by atoms with Gasteiger partial charge in [0.2, 0.25) is 0 Å². The molecule has 0 unspecified atom stereocenters. The van der Waals surface area contributed by atoms with Gasteiger partial charge < -0.3 is 23.4 Å². The van der Waals surface area contributed by atoms with Gasteiger partial charge in [-0.05, 0) is 75.2 Å². The van der Waals surface area contributed by atoms with Crippen molar-refractivity contribution in [1.82, 2.24) is 4.57 Å². The number of aryl methyl sites for hydroxylation is 1. The highest BCUT2D eigenvalue weighted by molar-refractivity contribution is 9.10. The van der Waals surface area contributed by atoms with E-state index in [2.05, 4.69) is 25.7 Å². The Balaban J connectivity index is 1.62. The number of carbonyl (C=O) groups excluding carboxylic acids is 2. The summed E-state index contributed by atoms with van der Waals surface area (Å²) in [5.41, 5.74) is 2.88. The minimum absolute atomic E-state index is 0.148. The normalized spacial score (nSPS) is 14.5. The van der Waals surface area contributed by atoms with Crippen molar-refractivity contribution in [3.63, 3.8) is 0 Å². The number of nitrogens with zero attached hydrogens (tertiary/aromatic N) is 2. The Morgan fingerprint density at radius 2 is 1.84 bits per heavy atom. The van der Waals surface area contributed by atoms with Gasteiger partial charge in [0.05, 0.1) is 42.2 Å². The van der Waals surface area contributed by atoms with E-state index in [9.17, 15) is 14.4 Å². The third-order valence-corrected chi connectivity index (χ3v) is 8.60. The van der Waals surface area contributed by atoms with E-state index < -0.39 is 18.0 Å². The molecule has 0 bridgehead atoms. The molecule has 0 saturated heterocycles. The molecule has 0 fully saturated rings. The summed E-state index contributed by atoms with van der Waals surface area (Å²) < 4.78 is 30.4. The Bertz CT molecular complexity index is 1990. The van der Waals surface area contributed by atoms with Crippen molar-refractivity contribution in [2.75, 3.05) is 26.9 Å². The molecular weight excluding hydrogens is 664 g/mol. The number of fused-ring (bicyclic) bond motifs is 1. The molecule has 5 rings (SSSR count). The molecule has 0 radical (unpaired) electrons. The highest BCUT2D eigenvalue weighted by Crippen LogP contribution is 2.36. The number of ether oxygens (including phenoxy) is 4. The summed E-state index contributed by atoms with van der Waals surface area (Å²) in [6, 6.07) is 13.8. The van der Waals surface area contributed by atoms with E-state index in [-0.39, 0.29) is 24.3 Å². The Hall–Kier alpha value is -4.42. The van der Waals surface area contributed by atoms with Crippen molar-refractivity contribution in [3.05, 3.63) is 101 Å². The molecule has 1 aliphatic heterocycles. The van der Waals surface area contributed by atoms with Crippen LogP contribution in [-0.2, 0) is 19.1 Å². The molecule has 0 amide bonds. The van der Waals surface area contributed by atoms with E-state index in [4.69, 9.17) is 18.6 Å². The maximum Gasteiger partial charge on any atom is 0.343 e. The van der Waals surface area contributed by atoms with Crippen molar-refractivity contribution >= 4 is 45.3 Å². The second kappa shape index (κ2) is 13.7. The quantitative estimate of drug-likeness (QED) is 0.211. The van der Waals surface area contributed by atoms with Gasteiger partial charge in [-0.2, -0.15) is 0 Å². The molecule has 3 heterocycles. The predicted octanol–water partition coefficient (Wildman–Crippen LogP) is 5.08. The molecular formula is C33H31BrN2O8S. The van der Waals surface area contributed by atoms with E-state index in [1.807, 2.05) is 38.1 Å². The minimum atomic E-state index is -0.869. The van der Waals surface area contributed by atoms with Gasteiger partial charge in [-0.3, -0.25) is 9.36 Å². The van der Waals surface area contributed by atoms with Crippen LogP contribution in [0.4, 0.5) is 0 Å². The molecule has 2 aromatic carbocycles. The fourth-order valence-electron chi connectivity index (χ4n) is 4.91. The molecule has 45 heavy (non-hydrogen) atoms. The molecule has 1 atom stereocenters. The third kappa shape index (κ3) is 6.66. The van der Waals surface area contributed by atoms with Crippen molar-refractivity contribution in [2.45, 2.75) is 33.7 Å². The number of halogens is 1. The number of methoxy groups -OCH3 is 1. The summed E-state index contributed by atoms with van der Waals surface area (Å²) in [5, 5.41) is 0. The third-order valence-electron chi connectivity index (χ3n) is 6.96. The van der Waals surface area contributed by atoms with E-state index in [1.165, 1.54) is 23.0 Å².